The summed E-state index contributed by atoms with van der Waals surface area (Å²) in [5.74, 6) is 0.942. The van der Waals surface area contributed by atoms with E-state index in [4.69, 9.17) is 23.2 Å². The third-order valence-electron chi connectivity index (χ3n) is 3.71. The molecule has 1 aromatic carbocycles. The molecule has 0 saturated carbocycles. The van der Waals surface area contributed by atoms with Crippen molar-refractivity contribution in [3.05, 3.63) is 38.5 Å². The van der Waals surface area contributed by atoms with Crippen LogP contribution in [0.5, 0.6) is 0 Å². The van der Waals surface area contributed by atoms with Gasteiger partial charge < -0.3 is 4.90 Å². The lowest BCUT2D eigenvalue weighted by Crippen LogP contribution is -2.28. The standard InChI is InChI=1S/C15H15Cl2N5O2/c1-8-6-9-10(7-11(8)22(4-2-16)5-3-17)18-12-13(19-9)20-15(24)21-14(12)23/h6-7H,2-5H2,1H3,(H2,19,20,21,23,24). The summed E-state index contributed by atoms with van der Waals surface area (Å²) >= 11 is 11.7. The number of H-pyrrole nitrogens is 2. The second kappa shape index (κ2) is 6.78. The van der Waals surface area contributed by atoms with Crippen LogP contribution in [0.1, 0.15) is 5.56 Å². The van der Waals surface area contributed by atoms with Crippen molar-refractivity contribution >= 4 is 51.1 Å². The zero-order valence-corrected chi connectivity index (χ0v) is 14.4. The lowest BCUT2D eigenvalue weighted by molar-refractivity contribution is 0.870. The van der Waals surface area contributed by atoms with E-state index < -0.39 is 11.2 Å². The number of anilines is 1. The molecule has 0 spiro atoms. The number of nitrogens with zero attached hydrogens (tertiary/aromatic N) is 3. The maximum absolute atomic E-state index is 11.9. The van der Waals surface area contributed by atoms with Crippen LogP contribution in [0.3, 0.4) is 0 Å². The molecule has 0 aliphatic heterocycles. The third-order valence-corrected chi connectivity index (χ3v) is 4.04. The largest absolute Gasteiger partial charge is 0.369 e. The minimum Gasteiger partial charge on any atom is -0.369 e. The van der Waals surface area contributed by atoms with Crippen LogP contribution in [-0.4, -0.2) is 44.8 Å². The Morgan fingerprint density at radius 1 is 1.04 bits per heavy atom. The quantitative estimate of drug-likeness (QED) is 0.529. The summed E-state index contributed by atoms with van der Waals surface area (Å²) in [6.07, 6.45) is 0. The number of nitrogens with one attached hydrogen (secondary N) is 2. The van der Waals surface area contributed by atoms with E-state index >= 15 is 0 Å². The van der Waals surface area contributed by atoms with Crippen LogP contribution in [0, 0.1) is 6.92 Å². The Labute approximate surface area is 146 Å². The van der Waals surface area contributed by atoms with Gasteiger partial charge in [-0.1, -0.05) is 0 Å². The highest BCUT2D eigenvalue weighted by Crippen LogP contribution is 2.25. The summed E-state index contributed by atoms with van der Waals surface area (Å²) in [6.45, 7) is 3.25. The monoisotopic (exact) mass is 367 g/mol. The van der Waals surface area contributed by atoms with Gasteiger partial charge >= 0.3 is 5.69 Å². The van der Waals surface area contributed by atoms with Crippen molar-refractivity contribution in [1.29, 1.82) is 0 Å². The highest BCUT2D eigenvalue weighted by Gasteiger charge is 2.13. The van der Waals surface area contributed by atoms with Crippen LogP contribution >= 0.6 is 23.2 Å². The van der Waals surface area contributed by atoms with Crippen molar-refractivity contribution < 1.29 is 0 Å². The smallest absolute Gasteiger partial charge is 0.327 e. The topological polar surface area (TPSA) is 94.7 Å². The maximum atomic E-state index is 11.9. The van der Waals surface area contributed by atoms with Crippen LogP contribution in [-0.2, 0) is 0 Å². The van der Waals surface area contributed by atoms with Gasteiger partial charge in [0.25, 0.3) is 5.56 Å². The van der Waals surface area contributed by atoms with E-state index in [1.807, 2.05) is 19.1 Å². The SMILES string of the molecule is Cc1cc2nc3[nH]c(=O)[nH]c(=O)c3nc2cc1N(CCCl)CCCl. The van der Waals surface area contributed by atoms with E-state index in [0.717, 1.165) is 11.3 Å². The first-order chi connectivity index (χ1) is 11.5. The minimum absolute atomic E-state index is 0.0955. The van der Waals surface area contributed by atoms with Crippen LogP contribution in [0.2, 0.25) is 0 Å². The molecule has 0 unspecified atom stereocenters. The summed E-state index contributed by atoms with van der Waals surface area (Å²) in [5, 5.41) is 0. The molecule has 0 atom stereocenters. The number of alkyl halides is 2. The molecular formula is C15H15Cl2N5O2. The zero-order valence-electron chi connectivity index (χ0n) is 12.9. The van der Waals surface area contributed by atoms with Gasteiger partial charge in [0, 0.05) is 30.5 Å². The van der Waals surface area contributed by atoms with Gasteiger partial charge in [0.05, 0.1) is 11.0 Å². The molecular weight excluding hydrogens is 353 g/mol. The summed E-state index contributed by atoms with van der Waals surface area (Å²) in [5.41, 5.74) is 2.18. The number of aryl methyl sites for hydroxylation is 1. The number of fused-ring (bicyclic) bond motifs is 2. The minimum atomic E-state index is -0.607. The van der Waals surface area contributed by atoms with Crippen molar-refractivity contribution in [3.63, 3.8) is 0 Å². The van der Waals surface area contributed by atoms with E-state index in [0.29, 0.717) is 35.9 Å². The van der Waals surface area contributed by atoms with Gasteiger partial charge in [-0.15, -0.1) is 23.2 Å². The highest BCUT2D eigenvalue weighted by atomic mass is 35.5. The molecule has 0 bridgehead atoms. The first kappa shape index (κ1) is 16.7. The number of aromatic amines is 2. The van der Waals surface area contributed by atoms with Gasteiger partial charge in [0.2, 0.25) is 0 Å². The Morgan fingerprint density at radius 2 is 1.71 bits per heavy atom. The molecule has 0 amide bonds. The van der Waals surface area contributed by atoms with Gasteiger partial charge in [-0.25, -0.2) is 14.8 Å². The molecule has 3 aromatic rings. The van der Waals surface area contributed by atoms with Gasteiger partial charge in [0.15, 0.2) is 11.2 Å². The first-order valence-corrected chi connectivity index (χ1v) is 8.42. The summed E-state index contributed by atoms with van der Waals surface area (Å²) in [6, 6.07) is 3.73. The Balaban J connectivity index is 2.24. The molecule has 2 heterocycles. The molecule has 0 saturated heterocycles. The second-order valence-electron chi connectivity index (χ2n) is 5.32. The molecule has 2 aromatic heterocycles. The van der Waals surface area contributed by atoms with E-state index in [-0.39, 0.29) is 11.2 Å². The second-order valence-corrected chi connectivity index (χ2v) is 6.08. The predicted octanol–water partition coefficient (Wildman–Crippen LogP) is 1.75. The number of hydrogen-bond donors (Lipinski definition) is 2. The predicted molar refractivity (Wildman–Crippen MR) is 96.7 cm³/mol. The normalized spacial score (nSPS) is 11.3. The fraction of sp³-hybridized carbons (Fsp3) is 0.333. The molecule has 3 rings (SSSR count). The average Bonchev–Trinajstić information content (AvgIpc) is 2.52. The lowest BCUT2D eigenvalue weighted by Gasteiger charge is -2.25. The van der Waals surface area contributed by atoms with Crippen molar-refractivity contribution in [2.75, 3.05) is 29.7 Å². The van der Waals surface area contributed by atoms with E-state index in [9.17, 15) is 9.59 Å². The summed E-state index contributed by atoms with van der Waals surface area (Å²) < 4.78 is 0. The van der Waals surface area contributed by atoms with Gasteiger partial charge in [0.1, 0.15) is 0 Å². The number of halogens is 2. The Bertz CT molecular complexity index is 1010. The molecule has 24 heavy (non-hydrogen) atoms. The number of hydrogen-bond acceptors (Lipinski definition) is 5. The lowest BCUT2D eigenvalue weighted by atomic mass is 10.1. The fourth-order valence-electron chi connectivity index (χ4n) is 2.64. The highest BCUT2D eigenvalue weighted by molar-refractivity contribution is 6.18. The fourth-order valence-corrected chi connectivity index (χ4v) is 3.05. The zero-order chi connectivity index (χ0) is 17.3. The molecule has 7 nitrogen and oxygen atoms in total. The molecule has 0 radical (unpaired) electrons. The number of benzene rings is 1. The van der Waals surface area contributed by atoms with Crippen molar-refractivity contribution in [1.82, 2.24) is 19.9 Å². The van der Waals surface area contributed by atoms with Crippen molar-refractivity contribution in [2.45, 2.75) is 6.92 Å². The van der Waals surface area contributed by atoms with Crippen molar-refractivity contribution in [2.24, 2.45) is 0 Å². The van der Waals surface area contributed by atoms with Crippen LogP contribution < -0.4 is 16.1 Å². The Kier molecular flexibility index (Phi) is 4.73. The third kappa shape index (κ3) is 3.09. The van der Waals surface area contributed by atoms with E-state index in [2.05, 4.69) is 24.8 Å². The van der Waals surface area contributed by atoms with Crippen LogP contribution in [0.15, 0.2) is 21.7 Å². The van der Waals surface area contributed by atoms with Crippen LogP contribution in [0.25, 0.3) is 22.2 Å². The van der Waals surface area contributed by atoms with E-state index in [1.165, 1.54) is 0 Å². The number of aromatic nitrogens is 4. The van der Waals surface area contributed by atoms with E-state index in [1.54, 1.807) is 0 Å². The van der Waals surface area contributed by atoms with Gasteiger partial charge in [-0.05, 0) is 24.6 Å². The van der Waals surface area contributed by atoms with Gasteiger partial charge in [-0.2, -0.15) is 0 Å². The summed E-state index contributed by atoms with van der Waals surface area (Å²) in [4.78, 5) is 38.7. The molecule has 9 heteroatoms. The molecule has 2 N–H and O–H groups in total. The van der Waals surface area contributed by atoms with Gasteiger partial charge in [-0.3, -0.25) is 14.8 Å². The Hall–Kier alpha value is -2.12. The number of rotatable bonds is 5. The molecule has 0 aliphatic rings. The van der Waals surface area contributed by atoms with Crippen molar-refractivity contribution in [3.8, 4) is 0 Å². The first-order valence-electron chi connectivity index (χ1n) is 7.35. The molecule has 0 aliphatic carbocycles. The summed E-state index contributed by atoms with van der Waals surface area (Å²) in [7, 11) is 0. The maximum Gasteiger partial charge on any atom is 0.327 e. The van der Waals surface area contributed by atoms with Crippen LogP contribution in [0.4, 0.5) is 5.69 Å². The molecule has 0 fully saturated rings. The Morgan fingerprint density at radius 3 is 2.38 bits per heavy atom. The average molecular weight is 368 g/mol. The molecule has 126 valence electrons.